The van der Waals surface area contributed by atoms with Crippen molar-refractivity contribution in [2.45, 2.75) is 31.3 Å². The minimum absolute atomic E-state index is 0.0329. The molecule has 5 nitrogen and oxygen atoms in total. The molecule has 3 rings (SSSR count). The van der Waals surface area contributed by atoms with E-state index in [1.807, 2.05) is 6.07 Å². The summed E-state index contributed by atoms with van der Waals surface area (Å²) in [5, 5.41) is 2.07. The number of rotatable bonds is 4. The van der Waals surface area contributed by atoms with Crippen molar-refractivity contribution in [1.82, 2.24) is 9.80 Å². The summed E-state index contributed by atoms with van der Waals surface area (Å²) < 4.78 is 23.1. The van der Waals surface area contributed by atoms with E-state index in [2.05, 4.69) is 16.3 Å². The van der Waals surface area contributed by atoms with Crippen molar-refractivity contribution in [1.29, 1.82) is 0 Å². The number of nitrogens with zero attached hydrogens (tertiary/aromatic N) is 2. The summed E-state index contributed by atoms with van der Waals surface area (Å²) in [6, 6.07) is 4.36. The van der Waals surface area contributed by atoms with E-state index in [1.165, 1.54) is 4.88 Å². The van der Waals surface area contributed by atoms with Crippen LogP contribution in [0.4, 0.5) is 0 Å². The van der Waals surface area contributed by atoms with Crippen LogP contribution < -0.4 is 0 Å². The predicted molar refractivity (Wildman–Crippen MR) is 87.7 cm³/mol. The normalized spacial score (nSPS) is 28.0. The predicted octanol–water partition coefficient (Wildman–Crippen LogP) is 1.53. The maximum Gasteiger partial charge on any atom is 0.236 e. The molecular weight excluding hydrogens is 320 g/mol. The van der Waals surface area contributed by atoms with Crippen molar-refractivity contribution in [3.05, 3.63) is 22.4 Å². The van der Waals surface area contributed by atoms with E-state index in [0.717, 1.165) is 19.4 Å². The SMILES string of the molecule is CN(C(=O)CN1CCCC1c1cccs1)C1CCS(=O)(=O)C1. The molecule has 0 aromatic carbocycles. The summed E-state index contributed by atoms with van der Waals surface area (Å²) >= 11 is 1.74. The Morgan fingerprint density at radius 3 is 2.91 bits per heavy atom. The topological polar surface area (TPSA) is 57.7 Å². The number of carbonyl (C=O) groups is 1. The average Bonchev–Trinajstić information content (AvgIpc) is 3.17. The first-order valence-corrected chi connectivity index (χ1v) is 10.4. The number of hydrogen-bond donors (Lipinski definition) is 0. The second-order valence-corrected chi connectivity index (χ2v) is 9.41. The molecule has 122 valence electrons. The van der Waals surface area contributed by atoms with Gasteiger partial charge in [0, 0.05) is 24.0 Å². The lowest BCUT2D eigenvalue weighted by molar-refractivity contribution is -0.133. The lowest BCUT2D eigenvalue weighted by atomic mass is 10.2. The van der Waals surface area contributed by atoms with Crippen molar-refractivity contribution in [2.24, 2.45) is 0 Å². The van der Waals surface area contributed by atoms with Gasteiger partial charge in [0.2, 0.25) is 5.91 Å². The molecule has 0 radical (unpaired) electrons. The first-order chi connectivity index (χ1) is 10.5. The Labute approximate surface area is 135 Å². The standard InChI is InChI=1S/C15H22N2O3S2/c1-16(12-6-9-22(19,20)11-12)15(18)10-17-7-2-4-13(17)14-5-3-8-21-14/h3,5,8,12-13H,2,4,6-7,9-11H2,1H3. The summed E-state index contributed by atoms with van der Waals surface area (Å²) in [6.45, 7) is 1.32. The van der Waals surface area contributed by atoms with Crippen LogP contribution in [0.1, 0.15) is 30.2 Å². The molecule has 3 heterocycles. The van der Waals surface area contributed by atoms with Gasteiger partial charge in [0.15, 0.2) is 9.84 Å². The van der Waals surface area contributed by atoms with Crippen molar-refractivity contribution >= 4 is 27.1 Å². The number of amides is 1. The minimum Gasteiger partial charge on any atom is -0.341 e. The highest BCUT2D eigenvalue weighted by molar-refractivity contribution is 7.91. The summed E-state index contributed by atoms with van der Waals surface area (Å²) in [6.07, 6.45) is 2.77. The van der Waals surface area contributed by atoms with Gasteiger partial charge in [0.05, 0.1) is 18.1 Å². The van der Waals surface area contributed by atoms with Gasteiger partial charge in [-0.05, 0) is 37.3 Å². The minimum atomic E-state index is -2.95. The van der Waals surface area contributed by atoms with E-state index in [9.17, 15) is 13.2 Å². The van der Waals surface area contributed by atoms with Crippen molar-refractivity contribution in [3.63, 3.8) is 0 Å². The number of carbonyl (C=O) groups excluding carboxylic acids is 1. The Kier molecular flexibility index (Phi) is 4.56. The van der Waals surface area contributed by atoms with Gasteiger partial charge in [-0.2, -0.15) is 0 Å². The van der Waals surface area contributed by atoms with Crippen LogP contribution in [0.15, 0.2) is 17.5 Å². The van der Waals surface area contributed by atoms with Gasteiger partial charge in [-0.25, -0.2) is 8.42 Å². The molecular formula is C15H22N2O3S2. The van der Waals surface area contributed by atoms with Crippen LogP contribution in [0, 0.1) is 0 Å². The highest BCUT2D eigenvalue weighted by atomic mass is 32.2. The third-order valence-corrected chi connectivity index (χ3v) is 7.45. The zero-order valence-electron chi connectivity index (χ0n) is 12.8. The lowest BCUT2D eigenvalue weighted by Crippen LogP contribution is -2.43. The highest BCUT2D eigenvalue weighted by Gasteiger charge is 2.34. The summed E-state index contributed by atoms with van der Waals surface area (Å²) in [4.78, 5) is 17.7. The van der Waals surface area contributed by atoms with Crippen LogP contribution in [-0.2, 0) is 14.6 Å². The Balaban J connectivity index is 1.61. The summed E-state index contributed by atoms with van der Waals surface area (Å²) in [5.74, 6) is 0.353. The Bertz CT molecular complexity index is 627. The molecule has 0 saturated carbocycles. The molecule has 2 aliphatic heterocycles. The van der Waals surface area contributed by atoms with Crippen molar-refractivity contribution < 1.29 is 13.2 Å². The average molecular weight is 342 g/mol. The van der Waals surface area contributed by atoms with E-state index in [1.54, 1.807) is 23.3 Å². The van der Waals surface area contributed by atoms with E-state index in [0.29, 0.717) is 19.0 Å². The molecule has 1 aromatic rings. The molecule has 1 aromatic heterocycles. The fourth-order valence-electron chi connectivity index (χ4n) is 3.39. The van der Waals surface area contributed by atoms with E-state index < -0.39 is 9.84 Å². The Hall–Kier alpha value is -0.920. The molecule has 0 N–H and O–H groups in total. The van der Waals surface area contributed by atoms with Gasteiger partial charge in [0.25, 0.3) is 0 Å². The number of hydrogen-bond acceptors (Lipinski definition) is 5. The molecule has 2 unspecified atom stereocenters. The third kappa shape index (κ3) is 3.36. The fraction of sp³-hybridized carbons (Fsp3) is 0.667. The van der Waals surface area contributed by atoms with Crippen LogP contribution in [0.5, 0.6) is 0 Å². The van der Waals surface area contributed by atoms with E-state index >= 15 is 0 Å². The van der Waals surface area contributed by atoms with Crippen LogP contribution >= 0.6 is 11.3 Å². The highest BCUT2D eigenvalue weighted by Crippen LogP contribution is 2.34. The third-order valence-electron chi connectivity index (χ3n) is 4.72. The van der Waals surface area contributed by atoms with Gasteiger partial charge in [-0.1, -0.05) is 6.07 Å². The van der Waals surface area contributed by atoms with Gasteiger partial charge in [0.1, 0.15) is 0 Å². The zero-order valence-corrected chi connectivity index (χ0v) is 14.4. The quantitative estimate of drug-likeness (QED) is 0.833. The second-order valence-electron chi connectivity index (χ2n) is 6.21. The monoisotopic (exact) mass is 342 g/mol. The Morgan fingerprint density at radius 1 is 1.45 bits per heavy atom. The number of likely N-dealkylation sites (N-methyl/N-ethyl adjacent to an activating group) is 1. The van der Waals surface area contributed by atoms with Crippen LogP contribution in [0.3, 0.4) is 0 Å². The first-order valence-electron chi connectivity index (χ1n) is 7.70. The Morgan fingerprint density at radius 2 is 2.27 bits per heavy atom. The molecule has 0 bridgehead atoms. The number of thiophene rings is 1. The molecule has 2 saturated heterocycles. The molecule has 22 heavy (non-hydrogen) atoms. The lowest BCUT2D eigenvalue weighted by Gasteiger charge is -2.28. The van der Waals surface area contributed by atoms with Crippen molar-refractivity contribution in [2.75, 3.05) is 31.6 Å². The van der Waals surface area contributed by atoms with Gasteiger partial charge in [-0.3, -0.25) is 9.69 Å². The van der Waals surface area contributed by atoms with Gasteiger partial charge in [-0.15, -0.1) is 11.3 Å². The molecule has 0 spiro atoms. The van der Waals surface area contributed by atoms with Crippen LogP contribution in [-0.4, -0.2) is 61.8 Å². The number of sulfone groups is 1. The number of likely N-dealkylation sites (tertiary alicyclic amines) is 1. The molecule has 2 fully saturated rings. The van der Waals surface area contributed by atoms with Crippen LogP contribution in [0.2, 0.25) is 0 Å². The van der Waals surface area contributed by atoms with Gasteiger partial charge < -0.3 is 4.90 Å². The molecule has 2 aliphatic rings. The summed E-state index contributed by atoms with van der Waals surface area (Å²) in [7, 11) is -1.21. The maximum atomic E-state index is 12.5. The molecule has 7 heteroatoms. The largest absolute Gasteiger partial charge is 0.341 e. The molecule has 1 amide bonds. The first kappa shape index (κ1) is 16.0. The molecule has 0 aliphatic carbocycles. The van der Waals surface area contributed by atoms with E-state index in [4.69, 9.17) is 0 Å². The smallest absolute Gasteiger partial charge is 0.236 e. The maximum absolute atomic E-state index is 12.5. The molecule has 2 atom stereocenters. The zero-order chi connectivity index (χ0) is 15.7. The fourth-order valence-corrected chi connectivity index (χ4v) is 6.06. The van der Waals surface area contributed by atoms with Crippen molar-refractivity contribution in [3.8, 4) is 0 Å². The summed E-state index contributed by atoms with van der Waals surface area (Å²) in [5.41, 5.74) is 0. The van der Waals surface area contributed by atoms with Crippen LogP contribution in [0.25, 0.3) is 0 Å². The van der Waals surface area contributed by atoms with Gasteiger partial charge >= 0.3 is 0 Å². The van der Waals surface area contributed by atoms with E-state index in [-0.39, 0.29) is 23.5 Å². The second kappa shape index (κ2) is 6.29.